The van der Waals surface area contributed by atoms with E-state index >= 15 is 0 Å². The van der Waals surface area contributed by atoms with Crippen LogP contribution >= 0.6 is 0 Å². The average molecular weight is 400 g/mol. The van der Waals surface area contributed by atoms with Gasteiger partial charge in [-0.05, 0) is 41.5 Å². The molecular weight excluding hydrogens is 374 g/mol. The van der Waals surface area contributed by atoms with Gasteiger partial charge in [-0.2, -0.15) is 10.1 Å². The highest BCUT2D eigenvalue weighted by Gasteiger charge is 2.32. The standard InChI is InChI=1S/C21H26F2N6/c1-13-6-8-28(18-9-14(5-7-24-18)21(2,3)4)11-15(13)17-10-16(19(22)23)27-20-25-12-26-29(17)20/h5,7,9-10,12-13,15,19H,6,8,11H2,1-4H3/t13-,15-/m1/s1. The van der Waals surface area contributed by atoms with Crippen molar-refractivity contribution < 1.29 is 8.78 Å². The van der Waals surface area contributed by atoms with E-state index in [9.17, 15) is 8.78 Å². The van der Waals surface area contributed by atoms with Crippen molar-refractivity contribution in [3.8, 4) is 0 Å². The molecule has 29 heavy (non-hydrogen) atoms. The summed E-state index contributed by atoms with van der Waals surface area (Å²) in [5.74, 6) is 1.48. The monoisotopic (exact) mass is 400 g/mol. The van der Waals surface area contributed by atoms with Gasteiger partial charge in [-0.25, -0.2) is 23.3 Å². The summed E-state index contributed by atoms with van der Waals surface area (Å²) < 4.78 is 28.4. The van der Waals surface area contributed by atoms with E-state index in [1.807, 2.05) is 12.3 Å². The summed E-state index contributed by atoms with van der Waals surface area (Å²) in [6, 6.07) is 5.66. The Hall–Kier alpha value is -2.64. The van der Waals surface area contributed by atoms with Crippen LogP contribution < -0.4 is 4.90 Å². The first-order chi connectivity index (χ1) is 13.7. The number of aromatic nitrogens is 5. The molecule has 1 fully saturated rings. The molecule has 3 aromatic rings. The predicted molar refractivity (Wildman–Crippen MR) is 107 cm³/mol. The van der Waals surface area contributed by atoms with E-state index in [-0.39, 0.29) is 22.8 Å². The number of fused-ring (bicyclic) bond motifs is 1. The van der Waals surface area contributed by atoms with Gasteiger partial charge in [0.2, 0.25) is 0 Å². The molecule has 6 nitrogen and oxygen atoms in total. The molecule has 8 heteroatoms. The van der Waals surface area contributed by atoms with Gasteiger partial charge < -0.3 is 4.90 Å². The second-order valence-corrected chi connectivity index (χ2v) is 8.85. The molecule has 4 heterocycles. The first-order valence-corrected chi connectivity index (χ1v) is 9.94. The molecule has 0 amide bonds. The summed E-state index contributed by atoms with van der Waals surface area (Å²) in [6.45, 7) is 10.3. The van der Waals surface area contributed by atoms with Gasteiger partial charge in [0.25, 0.3) is 12.2 Å². The smallest absolute Gasteiger partial charge is 0.280 e. The fourth-order valence-corrected chi connectivity index (χ4v) is 3.95. The van der Waals surface area contributed by atoms with Crippen molar-refractivity contribution in [3.63, 3.8) is 0 Å². The maximum absolute atomic E-state index is 13.4. The van der Waals surface area contributed by atoms with E-state index < -0.39 is 6.43 Å². The number of pyridine rings is 1. The van der Waals surface area contributed by atoms with Crippen molar-refractivity contribution in [3.05, 3.63) is 47.7 Å². The number of piperidine rings is 1. The Labute approximate surface area is 169 Å². The molecule has 0 bridgehead atoms. The molecule has 0 N–H and O–H groups in total. The highest BCUT2D eigenvalue weighted by molar-refractivity contribution is 5.44. The minimum Gasteiger partial charge on any atom is -0.356 e. The summed E-state index contributed by atoms with van der Waals surface area (Å²) in [5, 5.41) is 4.24. The van der Waals surface area contributed by atoms with Gasteiger partial charge >= 0.3 is 0 Å². The second-order valence-electron chi connectivity index (χ2n) is 8.85. The van der Waals surface area contributed by atoms with E-state index in [2.05, 4.69) is 58.7 Å². The Morgan fingerprint density at radius 3 is 2.69 bits per heavy atom. The zero-order valence-electron chi connectivity index (χ0n) is 17.2. The number of alkyl halides is 2. The molecule has 154 valence electrons. The Morgan fingerprint density at radius 1 is 1.17 bits per heavy atom. The van der Waals surface area contributed by atoms with Gasteiger partial charge in [-0.15, -0.1) is 0 Å². The van der Waals surface area contributed by atoms with Crippen LogP contribution in [0.25, 0.3) is 5.78 Å². The lowest BCUT2D eigenvalue weighted by Gasteiger charge is -2.38. The topological polar surface area (TPSA) is 59.2 Å². The number of anilines is 1. The lowest BCUT2D eigenvalue weighted by molar-refractivity contribution is 0.146. The fraction of sp³-hybridized carbons (Fsp3) is 0.524. The van der Waals surface area contributed by atoms with Crippen LogP contribution in [0.4, 0.5) is 14.6 Å². The number of halogens is 2. The summed E-state index contributed by atoms with van der Waals surface area (Å²) in [7, 11) is 0. The van der Waals surface area contributed by atoms with Crippen molar-refractivity contribution in [1.82, 2.24) is 24.6 Å². The van der Waals surface area contributed by atoms with Crippen LogP contribution in [0.5, 0.6) is 0 Å². The van der Waals surface area contributed by atoms with E-state index in [1.165, 1.54) is 18.0 Å². The Balaban J connectivity index is 1.71. The van der Waals surface area contributed by atoms with Gasteiger partial charge in [0.05, 0.1) is 5.69 Å². The Bertz CT molecular complexity index is 1010. The first kappa shape index (κ1) is 19.7. The van der Waals surface area contributed by atoms with Gasteiger partial charge in [0, 0.05) is 25.2 Å². The number of hydrogen-bond donors (Lipinski definition) is 0. The van der Waals surface area contributed by atoms with Gasteiger partial charge in [-0.1, -0.05) is 27.7 Å². The normalized spacial score (nSPS) is 20.6. The zero-order chi connectivity index (χ0) is 20.8. The van der Waals surface area contributed by atoms with Crippen molar-refractivity contribution in [2.45, 2.75) is 51.9 Å². The average Bonchev–Trinajstić information content (AvgIpc) is 3.16. The minimum absolute atomic E-state index is 0.0218. The summed E-state index contributed by atoms with van der Waals surface area (Å²) in [4.78, 5) is 14.8. The zero-order valence-corrected chi connectivity index (χ0v) is 17.2. The summed E-state index contributed by atoms with van der Waals surface area (Å²) in [6.07, 6.45) is 1.51. The molecule has 0 unspecified atom stereocenters. The van der Waals surface area contributed by atoms with Crippen LogP contribution in [-0.4, -0.2) is 37.7 Å². The van der Waals surface area contributed by atoms with Crippen molar-refractivity contribution >= 4 is 11.6 Å². The van der Waals surface area contributed by atoms with E-state index in [1.54, 1.807) is 4.52 Å². The molecule has 1 aliphatic heterocycles. The Morgan fingerprint density at radius 2 is 1.97 bits per heavy atom. The van der Waals surface area contributed by atoms with Crippen LogP contribution in [0.3, 0.4) is 0 Å². The molecule has 1 saturated heterocycles. The molecule has 2 atom stereocenters. The number of hydrogen-bond acceptors (Lipinski definition) is 5. The quantitative estimate of drug-likeness (QED) is 0.653. The maximum Gasteiger partial charge on any atom is 0.280 e. The van der Waals surface area contributed by atoms with Crippen molar-refractivity contribution in [2.75, 3.05) is 18.0 Å². The van der Waals surface area contributed by atoms with Crippen molar-refractivity contribution in [1.29, 1.82) is 0 Å². The molecule has 0 aliphatic carbocycles. The maximum atomic E-state index is 13.4. The highest BCUT2D eigenvalue weighted by atomic mass is 19.3. The molecule has 0 spiro atoms. The molecule has 3 aromatic heterocycles. The van der Waals surface area contributed by atoms with Crippen LogP contribution in [0.1, 0.15) is 63.4 Å². The van der Waals surface area contributed by atoms with E-state index in [0.29, 0.717) is 12.5 Å². The fourth-order valence-electron chi connectivity index (χ4n) is 3.95. The number of rotatable bonds is 3. The van der Waals surface area contributed by atoms with E-state index in [4.69, 9.17) is 0 Å². The third kappa shape index (κ3) is 3.80. The molecule has 1 aliphatic rings. The third-order valence-electron chi connectivity index (χ3n) is 5.80. The van der Waals surface area contributed by atoms with Gasteiger partial charge in [0.15, 0.2) is 0 Å². The van der Waals surface area contributed by atoms with Crippen molar-refractivity contribution in [2.24, 2.45) is 5.92 Å². The minimum atomic E-state index is -2.64. The van der Waals surface area contributed by atoms with Crippen LogP contribution in [0, 0.1) is 5.92 Å². The molecule has 0 saturated carbocycles. The molecular formula is C21H26F2N6. The lowest BCUT2D eigenvalue weighted by atomic mass is 9.84. The highest BCUT2D eigenvalue weighted by Crippen LogP contribution is 2.35. The van der Waals surface area contributed by atoms with Gasteiger partial charge in [-0.3, -0.25) is 0 Å². The largest absolute Gasteiger partial charge is 0.356 e. The summed E-state index contributed by atoms with van der Waals surface area (Å²) in [5.41, 5.74) is 1.73. The van der Waals surface area contributed by atoms with Gasteiger partial charge in [0.1, 0.15) is 17.8 Å². The number of nitrogens with zero attached hydrogens (tertiary/aromatic N) is 6. The predicted octanol–water partition coefficient (Wildman–Crippen LogP) is 4.38. The Kier molecular flexibility index (Phi) is 4.96. The first-order valence-electron chi connectivity index (χ1n) is 9.94. The molecule has 4 rings (SSSR count). The van der Waals surface area contributed by atoms with Crippen LogP contribution in [0.15, 0.2) is 30.7 Å². The van der Waals surface area contributed by atoms with Crippen LogP contribution in [-0.2, 0) is 5.41 Å². The molecule has 0 aromatic carbocycles. The second kappa shape index (κ2) is 7.31. The SMILES string of the molecule is C[C@@H]1CCN(c2cc(C(C)(C)C)ccn2)C[C@H]1c1cc(C(F)F)nc2ncnn12. The van der Waals surface area contributed by atoms with E-state index in [0.717, 1.165) is 24.5 Å². The van der Waals surface area contributed by atoms with Crippen LogP contribution in [0.2, 0.25) is 0 Å². The third-order valence-corrected chi connectivity index (χ3v) is 5.80. The molecule has 0 radical (unpaired) electrons. The lowest BCUT2D eigenvalue weighted by Crippen LogP contribution is -2.39. The summed E-state index contributed by atoms with van der Waals surface area (Å²) >= 11 is 0.